The van der Waals surface area contributed by atoms with Crippen LogP contribution in [0.2, 0.25) is 0 Å². The number of carboxylic acid groups (broad SMARTS) is 1. The van der Waals surface area contributed by atoms with E-state index in [1.165, 1.54) is 40.7 Å². The minimum Gasteiger partial charge on any atom is -0.478 e. The van der Waals surface area contributed by atoms with Crippen LogP contribution in [0.5, 0.6) is 0 Å². The van der Waals surface area contributed by atoms with Crippen molar-refractivity contribution in [1.29, 1.82) is 0 Å². The maximum absolute atomic E-state index is 11.1. The van der Waals surface area contributed by atoms with E-state index in [1.807, 2.05) is 12.1 Å². The molecule has 0 atom stereocenters. The standard InChI is InChI=1S/C27H34O2/c1-17(2)21-15-23-24(27(6,7)13-12-26(23,4)5)16-22(21)18(3)14-19-8-10-20(11-9-19)25(28)29/h8-11,14-17H,12-13H2,1-7H3,(H,28,29)/b18-14-. The van der Waals surface area contributed by atoms with Gasteiger partial charge in [-0.3, -0.25) is 0 Å². The van der Waals surface area contributed by atoms with Gasteiger partial charge in [0.2, 0.25) is 0 Å². The van der Waals surface area contributed by atoms with Crippen molar-refractivity contribution in [3.8, 4) is 0 Å². The van der Waals surface area contributed by atoms with Crippen molar-refractivity contribution in [2.24, 2.45) is 0 Å². The quantitative estimate of drug-likeness (QED) is 0.552. The second-order valence-corrected chi connectivity index (χ2v) is 10.2. The van der Waals surface area contributed by atoms with Gasteiger partial charge in [-0.05, 0) is 82.0 Å². The monoisotopic (exact) mass is 390 g/mol. The molecule has 1 aliphatic rings. The number of benzene rings is 2. The van der Waals surface area contributed by atoms with E-state index in [-0.39, 0.29) is 10.8 Å². The van der Waals surface area contributed by atoms with Crippen LogP contribution in [0.15, 0.2) is 36.4 Å². The van der Waals surface area contributed by atoms with Gasteiger partial charge in [-0.25, -0.2) is 4.79 Å². The summed E-state index contributed by atoms with van der Waals surface area (Å²) in [5.74, 6) is -0.451. The predicted octanol–water partition coefficient (Wildman–Crippen LogP) is 7.42. The van der Waals surface area contributed by atoms with E-state index in [0.717, 1.165) is 5.56 Å². The van der Waals surface area contributed by atoms with Gasteiger partial charge in [0, 0.05) is 0 Å². The van der Waals surface area contributed by atoms with Gasteiger partial charge in [0.05, 0.1) is 5.56 Å². The average Bonchev–Trinajstić information content (AvgIpc) is 2.65. The fourth-order valence-electron chi connectivity index (χ4n) is 4.50. The van der Waals surface area contributed by atoms with Crippen LogP contribution in [0.25, 0.3) is 11.6 Å². The summed E-state index contributed by atoms with van der Waals surface area (Å²) in [5, 5.41) is 9.12. The van der Waals surface area contributed by atoms with Gasteiger partial charge in [-0.1, -0.05) is 71.9 Å². The molecule has 3 rings (SSSR count). The van der Waals surface area contributed by atoms with Crippen molar-refractivity contribution < 1.29 is 9.90 Å². The summed E-state index contributed by atoms with van der Waals surface area (Å²) >= 11 is 0. The lowest BCUT2D eigenvalue weighted by Gasteiger charge is -2.43. The van der Waals surface area contributed by atoms with E-state index >= 15 is 0 Å². The zero-order chi connectivity index (χ0) is 21.6. The minimum atomic E-state index is -0.890. The molecule has 0 heterocycles. The number of carboxylic acids is 1. The number of hydrogen-bond donors (Lipinski definition) is 1. The summed E-state index contributed by atoms with van der Waals surface area (Å²) in [6.07, 6.45) is 4.59. The van der Waals surface area contributed by atoms with Crippen molar-refractivity contribution in [2.75, 3.05) is 0 Å². The third-order valence-corrected chi connectivity index (χ3v) is 6.61. The molecule has 0 saturated heterocycles. The molecule has 1 N–H and O–H groups in total. The summed E-state index contributed by atoms with van der Waals surface area (Å²) in [6.45, 7) is 16.2. The van der Waals surface area contributed by atoms with Crippen LogP contribution in [0, 0.1) is 0 Å². The Hall–Kier alpha value is -2.35. The van der Waals surface area contributed by atoms with E-state index in [1.54, 1.807) is 12.1 Å². The second kappa shape index (κ2) is 7.48. The number of carbonyl (C=O) groups is 1. The molecular formula is C27H34O2. The van der Waals surface area contributed by atoms with Crippen molar-refractivity contribution in [3.05, 3.63) is 69.8 Å². The summed E-state index contributed by atoms with van der Waals surface area (Å²) in [6, 6.07) is 12.0. The third-order valence-electron chi connectivity index (χ3n) is 6.61. The Morgan fingerprint density at radius 2 is 1.48 bits per heavy atom. The lowest BCUT2D eigenvalue weighted by atomic mass is 9.62. The Labute approximate surface area is 175 Å². The van der Waals surface area contributed by atoms with Crippen molar-refractivity contribution >= 4 is 17.6 Å². The highest BCUT2D eigenvalue weighted by Gasteiger charge is 2.37. The number of fused-ring (bicyclic) bond motifs is 1. The second-order valence-electron chi connectivity index (χ2n) is 10.2. The van der Waals surface area contributed by atoms with Gasteiger partial charge in [0.1, 0.15) is 0 Å². The maximum Gasteiger partial charge on any atom is 0.335 e. The molecule has 0 bridgehead atoms. The van der Waals surface area contributed by atoms with Crippen molar-refractivity contribution in [2.45, 2.75) is 78.1 Å². The predicted molar refractivity (Wildman–Crippen MR) is 123 cm³/mol. The minimum absolute atomic E-state index is 0.179. The summed E-state index contributed by atoms with van der Waals surface area (Å²) < 4.78 is 0. The van der Waals surface area contributed by atoms with Gasteiger partial charge in [0.15, 0.2) is 0 Å². The molecule has 154 valence electrons. The Morgan fingerprint density at radius 3 is 1.97 bits per heavy atom. The van der Waals surface area contributed by atoms with E-state index in [9.17, 15) is 4.79 Å². The third kappa shape index (κ3) is 4.17. The molecule has 0 spiro atoms. The lowest BCUT2D eigenvalue weighted by Crippen LogP contribution is -2.34. The summed E-state index contributed by atoms with van der Waals surface area (Å²) in [5.41, 5.74) is 8.63. The molecule has 1 aliphatic carbocycles. The lowest BCUT2D eigenvalue weighted by molar-refractivity contribution is 0.0697. The first-order chi connectivity index (χ1) is 13.4. The molecule has 0 radical (unpaired) electrons. The number of aromatic carboxylic acids is 1. The van der Waals surface area contributed by atoms with Crippen molar-refractivity contribution in [3.63, 3.8) is 0 Å². The van der Waals surface area contributed by atoms with Gasteiger partial charge in [0.25, 0.3) is 0 Å². The van der Waals surface area contributed by atoms with E-state index in [4.69, 9.17) is 5.11 Å². The maximum atomic E-state index is 11.1. The van der Waals surface area contributed by atoms with Crippen LogP contribution in [0.4, 0.5) is 0 Å². The van der Waals surface area contributed by atoms with Crippen LogP contribution in [-0.4, -0.2) is 11.1 Å². The Balaban J connectivity index is 2.14. The normalized spacial score (nSPS) is 17.9. The van der Waals surface area contributed by atoms with Gasteiger partial charge in [-0.15, -0.1) is 0 Å². The van der Waals surface area contributed by atoms with Crippen molar-refractivity contribution in [1.82, 2.24) is 0 Å². The number of allylic oxidation sites excluding steroid dienone is 1. The first-order valence-electron chi connectivity index (χ1n) is 10.6. The van der Waals surface area contributed by atoms with Crippen LogP contribution in [0.1, 0.15) is 105 Å². The Morgan fingerprint density at radius 1 is 0.966 bits per heavy atom. The molecule has 0 amide bonds. The fourth-order valence-corrected chi connectivity index (χ4v) is 4.50. The highest BCUT2D eigenvalue weighted by Crippen LogP contribution is 2.48. The molecule has 2 heteroatoms. The first kappa shape index (κ1) is 21.4. The summed E-state index contributed by atoms with van der Waals surface area (Å²) in [4.78, 5) is 11.1. The van der Waals surface area contributed by atoms with E-state index in [2.05, 4.69) is 66.7 Å². The zero-order valence-corrected chi connectivity index (χ0v) is 18.9. The molecule has 2 aromatic rings. The summed E-state index contributed by atoms with van der Waals surface area (Å²) in [7, 11) is 0. The van der Waals surface area contributed by atoms with Gasteiger partial charge in [-0.2, -0.15) is 0 Å². The average molecular weight is 391 g/mol. The topological polar surface area (TPSA) is 37.3 Å². The molecule has 2 aromatic carbocycles. The van der Waals surface area contributed by atoms with Crippen LogP contribution in [-0.2, 0) is 10.8 Å². The van der Waals surface area contributed by atoms with Crippen LogP contribution < -0.4 is 0 Å². The SMILES string of the molecule is C/C(=C/c1ccc(C(=O)O)cc1)c1cc2c(cc1C(C)C)C(C)(C)CCC2(C)C. The van der Waals surface area contributed by atoms with E-state index in [0.29, 0.717) is 11.5 Å². The molecule has 0 saturated carbocycles. The first-order valence-corrected chi connectivity index (χ1v) is 10.6. The Bertz CT molecular complexity index is 957. The van der Waals surface area contributed by atoms with Gasteiger partial charge < -0.3 is 5.11 Å². The largest absolute Gasteiger partial charge is 0.478 e. The molecule has 0 unspecified atom stereocenters. The van der Waals surface area contributed by atoms with Crippen LogP contribution >= 0.6 is 0 Å². The molecule has 0 fully saturated rings. The van der Waals surface area contributed by atoms with E-state index < -0.39 is 5.97 Å². The molecule has 29 heavy (non-hydrogen) atoms. The highest BCUT2D eigenvalue weighted by atomic mass is 16.4. The molecular weight excluding hydrogens is 356 g/mol. The number of rotatable bonds is 4. The fraction of sp³-hybridized carbons (Fsp3) is 0.444. The molecule has 0 aliphatic heterocycles. The van der Waals surface area contributed by atoms with Crippen LogP contribution in [0.3, 0.4) is 0 Å². The van der Waals surface area contributed by atoms with Gasteiger partial charge >= 0.3 is 5.97 Å². The zero-order valence-electron chi connectivity index (χ0n) is 18.9. The molecule has 0 aromatic heterocycles. The Kier molecular flexibility index (Phi) is 5.51. The highest BCUT2D eigenvalue weighted by molar-refractivity contribution is 5.88. The number of hydrogen-bond acceptors (Lipinski definition) is 1. The smallest absolute Gasteiger partial charge is 0.335 e. The molecule has 2 nitrogen and oxygen atoms in total.